The fourth-order valence-corrected chi connectivity index (χ4v) is 4.03. The molecule has 0 unspecified atom stereocenters. The number of aromatic amines is 1. The molecule has 1 N–H and O–H groups in total. The smallest absolute Gasteiger partial charge is 0.227 e. The minimum Gasteiger partial charge on any atom is -0.490 e. The van der Waals surface area contributed by atoms with Crippen LogP contribution in [0.15, 0.2) is 64.0 Å². The molecule has 6 nitrogen and oxygen atoms in total. The second kappa shape index (κ2) is 7.22. The van der Waals surface area contributed by atoms with E-state index in [2.05, 4.69) is 57.6 Å². The molecule has 6 heteroatoms. The number of fused-ring (bicyclic) bond motifs is 2. The molecule has 2 aromatic heterocycles. The van der Waals surface area contributed by atoms with E-state index >= 15 is 0 Å². The lowest BCUT2D eigenvalue weighted by Gasteiger charge is -2.26. The van der Waals surface area contributed by atoms with Gasteiger partial charge in [0.1, 0.15) is 12.0 Å². The van der Waals surface area contributed by atoms with E-state index in [9.17, 15) is 4.79 Å². The van der Waals surface area contributed by atoms with Crippen LogP contribution in [-0.4, -0.2) is 28.8 Å². The zero-order valence-electron chi connectivity index (χ0n) is 16.1. The molecule has 0 radical (unpaired) electrons. The summed E-state index contributed by atoms with van der Waals surface area (Å²) in [6.07, 6.45) is 2.26. The minimum absolute atomic E-state index is 0.161. The van der Waals surface area contributed by atoms with Crippen LogP contribution in [0.25, 0.3) is 22.0 Å². The molecule has 0 atom stereocenters. The number of aromatic nitrogens is 2. The lowest BCUT2D eigenvalue weighted by Crippen LogP contribution is -2.30. The van der Waals surface area contributed by atoms with Gasteiger partial charge in [-0.3, -0.25) is 14.8 Å². The van der Waals surface area contributed by atoms with Gasteiger partial charge in [-0.2, -0.15) is 5.10 Å². The van der Waals surface area contributed by atoms with Gasteiger partial charge in [0.25, 0.3) is 0 Å². The summed E-state index contributed by atoms with van der Waals surface area (Å²) in [4.78, 5) is 14.3. The van der Waals surface area contributed by atoms with Crippen LogP contribution in [0, 0.1) is 0 Å². The molecule has 1 aliphatic heterocycles. The van der Waals surface area contributed by atoms with Gasteiger partial charge in [-0.1, -0.05) is 42.5 Å². The molecule has 0 aliphatic carbocycles. The maximum Gasteiger partial charge on any atom is 0.227 e. The number of nitrogens with one attached hydrogen (secondary N) is 1. The van der Waals surface area contributed by atoms with Crippen molar-refractivity contribution in [3.8, 4) is 17.0 Å². The average molecular weight is 387 g/mol. The molecule has 0 saturated heterocycles. The van der Waals surface area contributed by atoms with Crippen molar-refractivity contribution in [1.29, 1.82) is 0 Å². The fourth-order valence-electron chi connectivity index (χ4n) is 4.03. The van der Waals surface area contributed by atoms with Crippen molar-refractivity contribution < 1.29 is 9.15 Å². The molecule has 146 valence electrons. The van der Waals surface area contributed by atoms with E-state index in [-0.39, 0.29) is 11.2 Å². The van der Waals surface area contributed by atoms with Crippen LogP contribution in [-0.2, 0) is 19.5 Å². The van der Waals surface area contributed by atoms with E-state index in [4.69, 9.17) is 9.15 Å². The number of nitrogens with zero attached hydrogens (tertiary/aromatic N) is 2. The van der Waals surface area contributed by atoms with Crippen LogP contribution >= 0.6 is 0 Å². The molecule has 0 bridgehead atoms. The predicted octanol–water partition coefficient (Wildman–Crippen LogP) is 3.75. The van der Waals surface area contributed by atoms with Crippen LogP contribution in [0.5, 0.6) is 5.75 Å². The zero-order chi connectivity index (χ0) is 19.8. The van der Waals surface area contributed by atoms with Crippen molar-refractivity contribution in [2.45, 2.75) is 19.5 Å². The van der Waals surface area contributed by atoms with E-state index in [1.807, 2.05) is 0 Å². The standard InChI is InChI=1S/C23H21N3O3/c1-28-22-14-29-16(11-21(22)27)12-26-10-9-20-19(13-26)23(25-24-20)18-8-4-6-15-5-2-3-7-17(15)18/h2-8,11,14H,9-10,12-13H2,1H3,(H,24,25). The third-order valence-corrected chi connectivity index (χ3v) is 5.51. The number of H-pyrrole nitrogens is 1. The highest BCUT2D eigenvalue weighted by Crippen LogP contribution is 2.33. The van der Waals surface area contributed by atoms with E-state index in [0.29, 0.717) is 12.3 Å². The lowest BCUT2D eigenvalue weighted by atomic mass is 9.97. The van der Waals surface area contributed by atoms with E-state index in [1.54, 1.807) is 0 Å². The number of methoxy groups -OCH3 is 1. The highest BCUT2D eigenvalue weighted by atomic mass is 16.5. The molecular weight excluding hydrogens is 366 g/mol. The van der Waals surface area contributed by atoms with Crippen molar-refractivity contribution >= 4 is 10.8 Å². The van der Waals surface area contributed by atoms with Gasteiger partial charge >= 0.3 is 0 Å². The Morgan fingerprint density at radius 1 is 1.21 bits per heavy atom. The van der Waals surface area contributed by atoms with Crippen LogP contribution in [0.3, 0.4) is 0 Å². The van der Waals surface area contributed by atoms with Crippen LogP contribution < -0.4 is 10.2 Å². The number of ether oxygens (including phenoxy) is 1. The van der Waals surface area contributed by atoms with Crippen molar-refractivity contribution in [2.75, 3.05) is 13.7 Å². The van der Waals surface area contributed by atoms with Crippen LogP contribution in [0.1, 0.15) is 17.0 Å². The normalized spacial score (nSPS) is 14.1. The highest BCUT2D eigenvalue weighted by Gasteiger charge is 2.24. The topological polar surface area (TPSA) is 71.4 Å². The molecule has 0 spiro atoms. The second-order valence-corrected chi connectivity index (χ2v) is 7.30. The molecule has 3 heterocycles. The first-order valence-corrected chi connectivity index (χ1v) is 9.65. The summed E-state index contributed by atoms with van der Waals surface area (Å²) in [7, 11) is 1.46. The fraction of sp³-hybridized carbons (Fsp3) is 0.217. The molecule has 4 aromatic rings. The Morgan fingerprint density at radius 3 is 2.93 bits per heavy atom. The number of hydrogen-bond acceptors (Lipinski definition) is 5. The summed E-state index contributed by atoms with van der Waals surface area (Å²) in [5.74, 6) is 0.859. The van der Waals surface area contributed by atoms with Gasteiger partial charge < -0.3 is 9.15 Å². The van der Waals surface area contributed by atoms with Gasteiger partial charge in [0.05, 0.1) is 19.3 Å². The summed E-state index contributed by atoms with van der Waals surface area (Å²) in [5.41, 5.74) is 4.37. The quantitative estimate of drug-likeness (QED) is 0.577. The second-order valence-electron chi connectivity index (χ2n) is 7.30. The molecule has 2 aromatic carbocycles. The van der Waals surface area contributed by atoms with Crippen LogP contribution in [0.4, 0.5) is 0 Å². The maximum atomic E-state index is 12.0. The minimum atomic E-state index is -0.161. The van der Waals surface area contributed by atoms with Crippen molar-refractivity contribution in [2.24, 2.45) is 0 Å². The molecular formula is C23H21N3O3. The first-order valence-electron chi connectivity index (χ1n) is 9.65. The number of rotatable bonds is 4. The van der Waals surface area contributed by atoms with Gasteiger partial charge in [-0.15, -0.1) is 0 Å². The summed E-state index contributed by atoms with van der Waals surface area (Å²) in [6, 6.07) is 16.2. The average Bonchev–Trinajstić information content (AvgIpc) is 3.16. The van der Waals surface area contributed by atoms with Crippen molar-refractivity contribution in [3.05, 3.63) is 82.0 Å². The Morgan fingerprint density at radius 2 is 2.07 bits per heavy atom. The first kappa shape index (κ1) is 17.7. The Kier molecular flexibility index (Phi) is 4.41. The monoisotopic (exact) mass is 387 g/mol. The van der Waals surface area contributed by atoms with Gasteiger partial charge in [0.15, 0.2) is 0 Å². The zero-order valence-corrected chi connectivity index (χ0v) is 16.1. The highest BCUT2D eigenvalue weighted by molar-refractivity contribution is 5.96. The third-order valence-electron chi connectivity index (χ3n) is 5.51. The largest absolute Gasteiger partial charge is 0.490 e. The summed E-state index contributed by atoms with van der Waals surface area (Å²) in [5, 5.41) is 10.3. The molecule has 0 amide bonds. The third kappa shape index (κ3) is 3.21. The number of benzene rings is 2. The van der Waals surface area contributed by atoms with E-state index < -0.39 is 0 Å². The summed E-state index contributed by atoms with van der Waals surface area (Å²) in [6.45, 7) is 2.19. The molecule has 5 rings (SSSR count). The number of hydrogen-bond donors (Lipinski definition) is 1. The Balaban J connectivity index is 1.46. The van der Waals surface area contributed by atoms with Gasteiger partial charge in [0, 0.05) is 42.4 Å². The van der Waals surface area contributed by atoms with Gasteiger partial charge in [-0.05, 0) is 10.8 Å². The molecule has 29 heavy (non-hydrogen) atoms. The Hall–Kier alpha value is -3.38. The maximum absolute atomic E-state index is 12.0. The summed E-state index contributed by atoms with van der Waals surface area (Å²) >= 11 is 0. The lowest BCUT2D eigenvalue weighted by molar-refractivity contribution is 0.221. The van der Waals surface area contributed by atoms with E-state index in [1.165, 1.54) is 41.5 Å². The Bertz CT molecular complexity index is 1240. The van der Waals surface area contributed by atoms with Crippen molar-refractivity contribution in [1.82, 2.24) is 15.1 Å². The Labute approximate surface area is 167 Å². The molecule has 1 aliphatic rings. The van der Waals surface area contributed by atoms with Gasteiger partial charge in [-0.25, -0.2) is 0 Å². The van der Waals surface area contributed by atoms with Crippen molar-refractivity contribution in [3.63, 3.8) is 0 Å². The summed E-state index contributed by atoms with van der Waals surface area (Å²) < 4.78 is 10.6. The van der Waals surface area contributed by atoms with E-state index in [0.717, 1.165) is 30.8 Å². The first-order chi connectivity index (χ1) is 14.2. The predicted molar refractivity (Wildman–Crippen MR) is 111 cm³/mol. The molecule has 0 fully saturated rings. The SMILES string of the molecule is COc1coc(CN2CCc3[nH]nc(-c4cccc5ccccc45)c3C2)cc1=O. The van der Waals surface area contributed by atoms with Gasteiger partial charge in [0.2, 0.25) is 11.2 Å². The molecule has 0 saturated carbocycles. The van der Waals surface area contributed by atoms with Crippen LogP contribution in [0.2, 0.25) is 0 Å².